The largest absolute Gasteiger partial charge is 0.465 e. The maximum atomic E-state index is 11.2. The molecule has 0 radical (unpaired) electrons. The molecule has 0 bridgehead atoms. The van der Waals surface area contributed by atoms with Crippen molar-refractivity contribution in [2.75, 3.05) is 26.2 Å². The number of nitrogens with zero attached hydrogens (tertiary/aromatic N) is 2. The van der Waals surface area contributed by atoms with E-state index in [1.54, 1.807) is 0 Å². The minimum Gasteiger partial charge on any atom is -0.465 e. The molecule has 0 atom stereocenters. The average Bonchev–Trinajstić information content (AvgIpc) is 2.78. The first-order chi connectivity index (χ1) is 12.1. The third-order valence-electron chi connectivity index (χ3n) is 4.54. The van der Waals surface area contributed by atoms with E-state index in [1.165, 1.54) is 4.90 Å². The van der Waals surface area contributed by atoms with E-state index in [9.17, 15) is 4.79 Å². The summed E-state index contributed by atoms with van der Waals surface area (Å²) in [4.78, 5) is 14.9. The number of para-hydroxylation sites is 1. The zero-order valence-corrected chi connectivity index (χ0v) is 15.1. The monoisotopic (exact) mass is 400 g/mol. The van der Waals surface area contributed by atoms with E-state index in [4.69, 9.17) is 9.84 Å². The number of hydrogen-bond donors (Lipinski definition) is 1. The Morgan fingerprint density at radius 1 is 1.04 bits per heavy atom. The van der Waals surface area contributed by atoms with Gasteiger partial charge in [0.25, 0.3) is 0 Å². The molecule has 25 heavy (non-hydrogen) atoms. The maximum Gasteiger partial charge on any atom is 0.407 e. The number of halogens is 1. The fourth-order valence-electron chi connectivity index (χ4n) is 3.24. The molecule has 0 spiro atoms. The van der Waals surface area contributed by atoms with Crippen LogP contribution in [-0.4, -0.2) is 47.2 Å². The van der Waals surface area contributed by atoms with Gasteiger partial charge < -0.3 is 19.6 Å². The molecule has 0 aromatic heterocycles. The van der Waals surface area contributed by atoms with Crippen LogP contribution in [0.3, 0.4) is 0 Å². The zero-order valence-electron chi connectivity index (χ0n) is 13.5. The SMILES string of the molecule is O=C(O)N1CCN(C2=Cc3cc(Br)ccc3Oc3ccccc32)CC1. The van der Waals surface area contributed by atoms with Crippen molar-refractivity contribution in [2.24, 2.45) is 0 Å². The Balaban J connectivity index is 1.75. The second-order valence-corrected chi connectivity index (χ2v) is 6.98. The van der Waals surface area contributed by atoms with E-state index >= 15 is 0 Å². The summed E-state index contributed by atoms with van der Waals surface area (Å²) in [6.07, 6.45) is 1.27. The van der Waals surface area contributed by atoms with Crippen LogP contribution in [-0.2, 0) is 0 Å². The van der Waals surface area contributed by atoms with Crippen LogP contribution in [0.15, 0.2) is 46.9 Å². The standard InChI is InChI=1S/C19H17BrN2O3/c20-14-5-6-17-13(11-14)12-16(15-3-1-2-4-18(15)25-17)21-7-9-22(10-8-21)19(23)24/h1-6,11-12H,7-10H2,(H,23,24). The summed E-state index contributed by atoms with van der Waals surface area (Å²) < 4.78 is 7.13. The molecular formula is C19H17BrN2O3. The number of ether oxygens (including phenoxy) is 1. The van der Waals surface area contributed by atoms with Crippen molar-refractivity contribution in [1.82, 2.24) is 9.80 Å². The lowest BCUT2D eigenvalue weighted by molar-refractivity contribution is 0.122. The first-order valence-electron chi connectivity index (χ1n) is 8.13. The Hall–Kier alpha value is -2.47. The van der Waals surface area contributed by atoms with E-state index in [-0.39, 0.29) is 0 Å². The number of benzene rings is 2. The van der Waals surface area contributed by atoms with Crippen molar-refractivity contribution in [1.29, 1.82) is 0 Å². The van der Waals surface area contributed by atoms with E-state index < -0.39 is 6.09 Å². The summed E-state index contributed by atoms with van der Waals surface area (Å²) in [6, 6.07) is 13.9. The molecule has 1 fully saturated rings. The van der Waals surface area contributed by atoms with Crippen molar-refractivity contribution in [3.63, 3.8) is 0 Å². The Morgan fingerprint density at radius 3 is 2.56 bits per heavy atom. The molecule has 1 amide bonds. The van der Waals surface area contributed by atoms with Gasteiger partial charge in [-0.05, 0) is 36.4 Å². The van der Waals surface area contributed by atoms with Gasteiger partial charge in [-0.15, -0.1) is 0 Å². The number of amides is 1. The first-order valence-corrected chi connectivity index (χ1v) is 8.92. The molecule has 5 nitrogen and oxygen atoms in total. The minimum atomic E-state index is -0.854. The lowest BCUT2D eigenvalue weighted by Crippen LogP contribution is -2.47. The zero-order chi connectivity index (χ0) is 17.4. The van der Waals surface area contributed by atoms with Gasteiger partial charge in [0.15, 0.2) is 0 Å². The van der Waals surface area contributed by atoms with Gasteiger partial charge in [-0.3, -0.25) is 0 Å². The highest BCUT2D eigenvalue weighted by atomic mass is 79.9. The number of piperazine rings is 1. The molecule has 2 aliphatic heterocycles. The van der Waals surface area contributed by atoms with Gasteiger partial charge in [0.05, 0.1) is 0 Å². The van der Waals surface area contributed by atoms with E-state index in [2.05, 4.69) is 26.9 Å². The summed E-state index contributed by atoms with van der Waals surface area (Å²) in [5, 5.41) is 9.17. The predicted molar refractivity (Wildman–Crippen MR) is 99.7 cm³/mol. The summed E-state index contributed by atoms with van der Waals surface area (Å²) in [5.41, 5.74) is 3.09. The summed E-state index contributed by atoms with van der Waals surface area (Å²) in [6.45, 7) is 2.33. The Morgan fingerprint density at radius 2 is 1.80 bits per heavy atom. The van der Waals surface area contributed by atoms with Crippen molar-refractivity contribution >= 4 is 33.8 Å². The number of carboxylic acid groups (broad SMARTS) is 1. The van der Waals surface area contributed by atoms with Crippen molar-refractivity contribution in [2.45, 2.75) is 0 Å². The van der Waals surface area contributed by atoms with Crippen LogP contribution in [0, 0.1) is 0 Å². The molecule has 2 aromatic carbocycles. The second-order valence-electron chi connectivity index (χ2n) is 6.07. The lowest BCUT2D eigenvalue weighted by atomic mass is 10.1. The highest BCUT2D eigenvalue weighted by molar-refractivity contribution is 9.10. The van der Waals surface area contributed by atoms with Crippen LogP contribution >= 0.6 is 15.9 Å². The van der Waals surface area contributed by atoms with Crippen LogP contribution in [0.5, 0.6) is 11.5 Å². The van der Waals surface area contributed by atoms with E-state index in [0.29, 0.717) is 26.2 Å². The molecule has 0 unspecified atom stereocenters. The van der Waals surface area contributed by atoms with E-state index in [0.717, 1.165) is 32.8 Å². The van der Waals surface area contributed by atoms with Gasteiger partial charge in [0.2, 0.25) is 0 Å². The molecule has 1 saturated heterocycles. The molecule has 128 valence electrons. The molecule has 6 heteroatoms. The van der Waals surface area contributed by atoms with Gasteiger partial charge in [0, 0.05) is 47.5 Å². The highest BCUT2D eigenvalue weighted by Gasteiger charge is 2.25. The molecule has 4 rings (SSSR count). The van der Waals surface area contributed by atoms with Crippen LogP contribution in [0.2, 0.25) is 0 Å². The van der Waals surface area contributed by atoms with Crippen molar-refractivity contribution < 1.29 is 14.6 Å². The quantitative estimate of drug-likeness (QED) is 0.772. The predicted octanol–water partition coefficient (Wildman–Crippen LogP) is 4.35. The molecule has 0 saturated carbocycles. The van der Waals surface area contributed by atoms with Gasteiger partial charge in [-0.1, -0.05) is 28.1 Å². The molecule has 0 aliphatic carbocycles. The smallest absolute Gasteiger partial charge is 0.407 e. The Bertz CT molecular complexity index is 857. The van der Waals surface area contributed by atoms with Crippen LogP contribution in [0.25, 0.3) is 11.8 Å². The summed E-state index contributed by atoms with van der Waals surface area (Å²) >= 11 is 3.52. The normalized spacial score (nSPS) is 16.3. The fraction of sp³-hybridized carbons (Fsp3) is 0.211. The van der Waals surface area contributed by atoms with E-state index in [1.807, 2.05) is 42.5 Å². The average molecular weight is 401 g/mol. The van der Waals surface area contributed by atoms with Crippen LogP contribution in [0.1, 0.15) is 11.1 Å². The van der Waals surface area contributed by atoms with Crippen molar-refractivity contribution in [3.8, 4) is 11.5 Å². The van der Waals surface area contributed by atoms with Crippen molar-refractivity contribution in [3.05, 3.63) is 58.1 Å². The number of hydrogen-bond acceptors (Lipinski definition) is 3. The van der Waals surface area contributed by atoms with Gasteiger partial charge >= 0.3 is 6.09 Å². The molecule has 2 aromatic rings. The Kier molecular flexibility index (Phi) is 4.13. The summed E-state index contributed by atoms with van der Waals surface area (Å²) in [7, 11) is 0. The van der Waals surface area contributed by atoms with Gasteiger partial charge in [-0.2, -0.15) is 0 Å². The Labute approximate surface area is 154 Å². The number of fused-ring (bicyclic) bond motifs is 2. The fourth-order valence-corrected chi connectivity index (χ4v) is 3.61. The maximum absolute atomic E-state index is 11.2. The first kappa shape index (κ1) is 16.0. The highest BCUT2D eigenvalue weighted by Crippen LogP contribution is 2.40. The lowest BCUT2D eigenvalue weighted by Gasteiger charge is -2.36. The molecule has 1 N–H and O–H groups in total. The molecule has 2 heterocycles. The molecule has 2 aliphatic rings. The topological polar surface area (TPSA) is 53.0 Å². The number of rotatable bonds is 1. The van der Waals surface area contributed by atoms with Gasteiger partial charge in [-0.25, -0.2) is 4.79 Å². The minimum absolute atomic E-state index is 0.501. The van der Waals surface area contributed by atoms with Gasteiger partial charge in [0.1, 0.15) is 11.5 Å². The summed E-state index contributed by atoms with van der Waals surface area (Å²) in [5.74, 6) is 1.63. The second kappa shape index (κ2) is 6.44. The third-order valence-corrected chi connectivity index (χ3v) is 5.03. The molecular weight excluding hydrogens is 384 g/mol. The van der Waals surface area contributed by atoms with Crippen LogP contribution in [0.4, 0.5) is 4.79 Å². The third kappa shape index (κ3) is 3.09. The van der Waals surface area contributed by atoms with Crippen LogP contribution < -0.4 is 4.74 Å². The number of carbonyl (C=O) groups is 1.